The number of nitrogens with zero attached hydrogens (tertiary/aromatic N) is 1. The molecule has 0 aliphatic rings. The summed E-state index contributed by atoms with van der Waals surface area (Å²) < 4.78 is 10.7. The highest BCUT2D eigenvalue weighted by Crippen LogP contribution is 2.21. The molecule has 3 aromatic rings. The summed E-state index contributed by atoms with van der Waals surface area (Å²) in [7, 11) is 0. The first kappa shape index (κ1) is 12.4. The van der Waals surface area contributed by atoms with Crippen LogP contribution in [-0.4, -0.2) is 11.0 Å². The zero-order valence-electron chi connectivity index (χ0n) is 11.0. The molecular formula is C16H13NO3. The van der Waals surface area contributed by atoms with Gasteiger partial charge in [0.2, 0.25) is 0 Å². The minimum Gasteiger partial charge on any atom is -0.441 e. The normalized spacial score (nSPS) is 10.7. The molecule has 0 N–H and O–H groups in total. The number of fused-ring (bicyclic) bond motifs is 1. The molecule has 2 aromatic carbocycles. The third kappa shape index (κ3) is 2.69. The Balaban J connectivity index is 1.74. The molecule has 4 nitrogen and oxygen atoms in total. The van der Waals surface area contributed by atoms with Crippen molar-refractivity contribution in [2.24, 2.45) is 0 Å². The molecule has 0 saturated heterocycles. The first-order chi connectivity index (χ1) is 9.70. The smallest absolute Gasteiger partial charge is 0.315 e. The van der Waals surface area contributed by atoms with Gasteiger partial charge in [-0.05, 0) is 17.7 Å². The molecule has 0 saturated carbocycles. The zero-order chi connectivity index (χ0) is 13.9. The van der Waals surface area contributed by atoms with Crippen molar-refractivity contribution in [2.75, 3.05) is 0 Å². The minimum absolute atomic E-state index is 0.244. The second-order valence-electron chi connectivity index (χ2n) is 4.50. The van der Waals surface area contributed by atoms with Crippen molar-refractivity contribution in [1.29, 1.82) is 0 Å². The van der Waals surface area contributed by atoms with E-state index in [1.807, 2.05) is 30.3 Å². The average molecular weight is 267 g/mol. The van der Waals surface area contributed by atoms with Crippen molar-refractivity contribution < 1.29 is 13.9 Å². The summed E-state index contributed by atoms with van der Waals surface area (Å²) in [4.78, 5) is 16.0. The lowest BCUT2D eigenvalue weighted by molar-refractivity contribution is -0.133. The molecular weight excluding hydrogens is 254 g/mol. The summed E-state index contributed by atoms with van der Waals surface area (Å²) in [6, 6.07) is 14.7. The van der Waals surface area contributed by atoms with Gasteiger partial charge in [-0.3, -0.25) is 4.79 Å². The van der Waals surface area contributed by atoms with E-state index >= 15 is 0 Å². The van der Waals surface area contributed by atoms with Crippen LogP contribution in [-0.2, 0) is 11.2 Å². The zero-order valence-corrected chi connectivity index (χ0v) is 11.0. The van der Waals surface area contributed by atoms with E-state index in [0.29, 0.717) is 17.2 Å². The predicted molar refractivity (Wildman–Crippen MR) is 74.5 cm³/mol. The maximum Gasteiger partial charge on any atom is 0.315 e. The van der Waals surface area contributed by atoms with E-state index < -0.39 is 0 Å². The fourth-order valence-electron chi connectivity index (χ4n) is 2.01. The monoisotopic (exact) mass is 267 g/mol. The number of carbonyl (C=O) groups is 1. The van der Waals surface area contributed by atoms with Gasteiger partial charge < -0.3 is 9.15 Å². The van der Waals surface area contributed by atoms with Crippen LogP contribution >= 0.6 is 0 Å². The number of hydrogen-bond donors (Lipinski definition) is 0. The molecule has 0 aliphatic carbocycles. The van der Waals surface area contributed by atoms with Crippen LogP contribution in [0.25, 0.3) is 11.1 Å². The number of ether oxygens (including phenoxy) is 1. The van der Waals surface area contributed by atoms with Crippen LogP contribution in [0.3, 0.4) is 0 Å². The SMILES string of the molecule is Cc1nc2ccc(OC(=O)Cc3ccccc3)cc2o1. The Hall–Kier alpha value is -2.62. The first-order valence-corrected chi connectivity index (χ1v) is 6.32. The highest BCUT2D eigenvalue weighted by atomic mass is 16.5. The summed E-state index contributed by atoms with van der Waals surface area (Å²) in [5.41, 5.74) is 2.30. The Kier molecular flexibility index (Phi) is 3.21. The fourth-order valence-corrected chi connectivity index (χ4v) is 2.01. The lowest BCUT2D eigenvalue weighted by atomic mass is 10.2. The average Bonchev–Trinajstić information content (AvgIpc) is 2.79. The van der Waals surface area contributed by atoms with Gasteiger partial charge in [0.1, 0.15) is 11.3 Å². The van der Waals surface area contributed by atoms with Crippen LogP contribution in [0.15, 0.2) is 52.9 Å². The number of hydrogen-bond acceptors (Lipinski definition) is 4. The first-order valence-electron chi connectivity index (χ1n) is 6.32. The standard InChI is InChI=1S/C16H13NO3/c1-11-17-14-8-7-13(10-15(14)19-11)20-16(18)9-12-5-3-2-4-6-12/h2-8,10H,9H2,1H3. The number of rotatable bonds is 3. The molecule has 0 spiro atoms. The molecule has 4 heteroatoms. The second kappa shape index (κ2) is 5.17. The van der Waals surface area contributed by atoms with Crippen LogP contribution in [0.5, 0.6) is 5.75 Å². The number of oxazole rings is 1. The van der Waals surface area contributed by atoms with Crippen molar-refractivity contribution in [2.45, 2.75) is 13.3 Å². The fraction of sp³-hybridized carbons (Fsp3) is 0.125. The van der Waals surface area contributed by atoms with E-state index in [2.05, 4.69) is 4.98 Å². The second-order valence-corrected chi connectivity index (χ2v) is 4.50. The number of aryl methyl sites for hydroxylation is 1. The van der Waals surface area contributed by atoms with Crippen molar-refractivity contribution >= 4 is 17.1 Å². The number of carbonyl (C=O) groups excluding carboxylic acids is 1. The van der Waals surface area contributed by atoms with Gasteiger partial charge in [0, 0.05) is 13.0 Å². The van der Waals surface area contributed by atoms with E-state index in [0.717, 1.165) is 11.1 Å². The molecule has 0 amide bonds. The maximum absolute atomic E-state index is 11.9. The van der Waals surface area contributed by atoms with E-state index in [4.69, 9.17) is 9.15 Å². The van der Waals surface area contributed by atoms with Gasteiger partial charge in [-0.1, -0.05) is 30.3 Å². The molecule has 1 heterocycles. The van der Waals surface area contributed by atoms with Crippen molar-refractivity contribution in [3.05, 3.63) is 60.0 Å². The predicted octanol–water partition coefficient (Wildman–Crippen LogP) is 3.28. The number of benzene rings is 2. The molecule has 1 aromatic heterocycles. The summed E-state index contributed by atoms with van der Waals surface area (Å²) in [5, 5.41) is 0. The quantitative estimate of drug-likeness (QED) is 0.539. The molecule has 0 bridgehead atoms. The van der Waals surface area contributed by atoms with Crippen molar-refractivity contribution in [1.82, 2.24) is 4.98 Å². The van der Waals surface area contributed by atoms with E-state index in [-0.39, 0.29) is 12.4 Å². The van der Waals surface area contributed by atoms with Gasteiger partial charge in [0.05, 0.1) is 6.42 Å². The minimum atomic E-state index is -0.299. The van der Waals surface area contributed by atoms with Crippen LogP contribution in [0, 0.1) is 6.92 Å². The molecule has 20 heavy (non-hydrogen) atoms. The van der Waals surface area contributed by atoms with Gasteiger partial charge >= 0.3 is 5.97 Å². The summed E-state index contributed by atoms with van der Waals surface area (Å²) >= 11 is 0. The summed E-state index contributed by atoms with van der Waals surface area (Å²) in [6.07, 6.45) is 0.244. The van der Waals surface area contributed by atoms with Crippen LogP contribution in [0.2, 0.25) is 0 Å². The largest absolute Gasteiger partial charge is 0.441 e. The van der Waals surface area contributed by atoms with Crippen molar-refractivity contribution in [3.8, 4) is 5.75 Å². The third-order valence-corrected chi connectivity index (χ3v) is 2.89. The Bertz CT molecular complexity index is 747. The molecule has 100 valence electrons. The van der Waals surface area contributed by atoms with Gasteiger partial charge in [0.25, 0.3) is 0 Å². The van der Waals surface area contributed by atoms with E-state index in [1.165, 1.54) is 0 Å². The molecule has 0 atom stereocenters. The Morgan fingerprint density at radius 2 is 2.00 bits per heavy atom. The Labute approximate surface area is 116 Å². The van der Waals surface area contributed by atoms with Gasteiger partial charge in [-0.15, -0.1) is 0 Å². The summed E-state index contributed by atoms with van der Waals surface area (Å²) in [6.45, 7) is 1.78. The topological polar surface area (TPSA) is 52.3 Å². The van der Waals surface area contributed by atoms with Gasteiger partial charge in [0.15, 0.2) is 11.5 Å². The lowest BCUT2D eigenvalue weighted by Gasteiger charge is -2.04. The van der Waals surface area contributed by atoms with E-state index in [9.17, 15) is 4.79 Å². The third-order valence-electron chi connectivity index (χ3n) is 2.89. The summed E-state index contributed by atoms with van der Waals surface area (Å²) in [5.74, 6) is 0.758. The van der Waals surface area contributed by atoms with E-state index in [1.54, 1.807) is 25.1 Å². The molecule has 3 rings (SSSR count). The van der Waals surface area contributed by atoms with Crippen LogP contribution < -0.4 is 4.74 Å². The van der Waals surface area contributed by atoms with Crippen LogP contribution in [0.4, 0.5) is 0 Å². The maximum atomic E-state index is 11.9. The van der Waals surface area contributed by atoms with Gasteiger partial charge in [-0.25, -0.2) is 4.98 Å². The Morgan fingerprint density at radius 1 is 1.20 bits per heavy atom. The molecule has 0 unspecified atom stereocenters. The lowest BCUT2D eigenvalue weighted by Crippen LogP contribution is -2.11. The molecule has 0 fully saturated rings. The van der Waals surface area contributed by atoms with Gasteiger partial charge in [-0.2, -0.15) is 0 Å². The highest BCUT2D eigenvalue weighted by molar-refractivity contribution is 5.78. The van der Waals surface area contributed by atoms with Crippen LogP contribution in [0.1, 0.15) is 11.5 Å². The number of esters is 1. The number of aromatic nitrogens is 1. The Morgan fingerprint density at radius 3 is 2.80 bits per heavy atom. The molecule has 0 radical (unpaired) electrons. The van der Waals surface area contributed by atoms with Crippen molar-refractivity contribution in [3.63, 3.8) is 0 Å². The highest BCUT2D eigenvalue weighted by Gasteiger charge is 2.09. The molecule has 0 aliphatic heterocycles.